The summed E-state index contributed by atoms with van der Waals surface area (Å²) in [7, 11) is 0. The summed E-state index contributed by atoms with van der Waals surface area (Å²) in [5.41, 5.74) is 0. The van der Waals surface area contributed by atoms with Crippen LogP contribution in [0.5, 0.6) is 0 Å². The number of halogens is 1. The SMILES string of the molecule is CCN(CC)C(=O)CCNC(=O)N1CCN(Cc2ccc(Br)s2)CC1. The van der Waals surface area contributed by atoms with Gasteiger partial charge in [-0.1, -0.05) is 0 Å². The van der Waals surface area contributed by atoms with Crippen molar-refractivity contribution in [3.8, 4) is 0 Å². The van der Waals surface area contributed by atoms with Crippen molar-refractivity contribution in [3.63, 3.8) is 0 Å². The summed E-state index contributed by atoms with van der Waals surface area (Å²) in [6, 6.07) is 4.15. The van der Waals surface area contributed by atoms with Crippen LogP contribution in [0, 0.1) is 0 Å². The van der Waals surface area contributed by atoms with E-state index < -0.39 is 0 Å². The quantitative estimate of drug-likeness (QED) is 0.722. The minimum Gasteiger partial charge on any atom is -0.343 e. The van der Waals surface area contributed by atoms with E-state index in [2.05, 4.69) is 38.3 Å². The summed E-state index contributed by atoms with van der Waals surface area (Å²) in [6.45, 7) is 9.90. The minimum atomic E-state index is -0.0640. The predicted octanol–water partition coefficient (Wildman–Crippen LogP) is 2.60. The maximum atomic E-state index is 12.2. The molecule has 0 saturated carbocycles. The van der Waals surface area contributed by atoms with Gasteiger partial charge in [0.05, 0.1) is 3.79 Å². The molecule has 2 rings (SSSR count). The highest BCUT2D eigenvalue weighted by Gasteiger charge is 2.21. The highest BCUT2D eigenvalue weighted by atomic mass is 79.9. The Morgan fingerprint density at radius 2 is 1.88 bits per heavy atom. The normalized spacial score (nSPS) is 15.2. The fourth-order valence-corrected chi connectivity index (χ4v) is 4.41. The molecule has 1 fully saturated rings. The number of carbonyl (C=O) groups excluding carboxylic acids is 2. The van der Waals surface area contributed by atoms with Crippen LogP contribution in [0.15, 0.2) is 15.9 Å². The van der Waals surface area contributed by atoms with Gasteiger partial charge in [0.15, 0.2) is 0 Å². The van der Waals surface area contributed by atoms with Crippen molar-refractivity contribution in [2.45, 2.75) is 26.8 Å². The first-order valence-electron chi connectivity index (χ1n) is 8.80. The highest BCUT2D eigenvalue weighted by molar-refractivity contribution is 9.11. The van der Waals surface area contributed by atoms with E-state index in [1.165, 1.54) is 4.88 Å². The van der Waals surface area contributed by atoms with Crippen LogP contribution in [0.1, 0.15) is 25.1 Å². The molecule has 0 bridgehead atoms. The molecule has 0 radical (unpaired) electrons. The summed E-state index contributed by atoms with van der Waals surface area (Å²) in [5.74, 6) is 0.0947. The average molecular weight is 431 g/mol. The van der Waals surface area contributed by atoms with Crippen LogP contribution in [0.3, 0.4) is 0 Å². The number of urea groups is 1. The third-order valence-corrected chi connectivity index (χ3v) is 6.01. The fraction of sp³-hybridized carbons (Fsp3) is 0.647. The topological polar surface area (TPSA) is 55.9 Å². The zero-order chi connectivity index (χ0) is 18.2. The van der Waals surface area contributed by atoms with Crippen LogP contribution < -0.4 is 5.32 Å². The molecule has 1 aromatic rings. The second-order valence-electron chi connectivity index (χ2n) is 6.02. The van der Waals surface area contributed by atoms with E-state index in [-0.39, 0.29) is 11.9 Å². The Morgan fingerprint density at radius 1 is 1.20 bits per heavy atom. The standard InChI is InChI=1S/C17H27BrN4O2S/c1-3-21(4-2)16(23)7-8-19-17(24)22-11-9-20(10-12-22)13-14-5-6-15(18)25-14/h5-6H,3-4,7-13H2,1-2H3,(H,19,24). The first-order valence-corrected chi connectivity index (χ1v) is 10.4. The lowest BCUT2D eigenvalue weighted by molar-refractivity contribution is -0.130. The summed E-state index contributed by atoms with van der Waals surface area (Å²) in [5, 5.41) is 2.87. The van der Waals surface area contributed by atoms with Gasteiger partial charge < -0.3 is 15.1 Å². The summed E-state index contributed by atoms with van der Waals surface area (Å²) >= 11 is 5.24. The predicted molar refractivity (Wildman–Crippen MR) is 105 cm³/mol. The van der Waals surface area contributed by atoms with E-state index in [0.29, 0.717) is 26.1 Å². The lowest BCUT2D eigenvalue weighted by atomic mass is 10.3. The number of hydrogen-bond acceptors (Lipinski definition) is 4. The lowest BCUT2D eigenvalue weighted by Gasteiger charge is -2.34. The number of carbonyl (C=O) groups is 2. The van der Waals surface area contributed by atoms with Crippen molar-refractivity contribution >= 4 is 39.2 Å². The third kappa shape index (κ3) is 6.27. The van der Waals surface area contributed by atoms with Gasteiger partial charge in [-0.25, -0.2) is 4.79 Å². The van der Waals surface area contributed by atoms with Crippen LogP contribution in [-0.4, -0.2) is 72.5 Å². The van der Waals surface area contributed by atoms with Crippen LogP contribution in [0.4, 0.5) is 4.79 Å². The van der Waals surface area contributed by atoms with Gasteiger partial charge in [-0.2, -0.15) is 0 Å². The van der Waals surface area contributed by atoms with Gasteiger partial charge in [0.1, 0.15) is 0 Å². The molecule has 1 aliphatic rings. The molecule has 0 aliphatic carbocycles. The van der Waals surface area contributed by atoms with Gasteiger partial charge in [-0.3, -0.25) is 9.69 Å². The molecule has 6 nitrogen and oxygen atoms in total. The average Bonchev–Trinajstić information content (AvgIpc) is 3.01. The molecule has 2 heterocycles. The summed E-state index contributed by atoms with van der Waals surface area (Å²) in [6.07, 6.45) is 0.362. The van der Waals surface area contributed by atoms with Crippen molar-refractivity contribution in [1.29, 1.82) is 0 Å². The van der Waals surface area contributed by atoms with E-state index >= 15 is 0 Å². The number of piperazine rings is 1. The zero-order valence-corrected chi connectivity index (χ0v) is 17.4. The first kappa shape index (κ1) is 20.2. The summed E-state index contributed by atoms with van der Waals surface area (Å²) < 4.78 is 1.15. The largest absolute Gasteiger partial charge is 0.343 e. The van der Waals surface area contributed by atoms with E-state index in [9.17, 15) is 9.59 Å². The fourth-order valence-electron chi connectivity index (χ4n) is 2.89. The Kier molecular flexibility index (Phi) is 8.18. The Labute approximate surface area is 162 Å². The Bertz CT molecular complexity index is 569. The van der Waals surface area contributed by atoms with Gasteiger partial charge in [0.2, 0.25) is 5.91 Å². The number of rotatable bonds is 7. The molecule has 1 aromatic heterocycles. The van der Waals surface area contributed by atoms with Crippen molar-refractivity contribution in [2.75, 3.05) is 45.8 Å². The number of nitrogens with zero attached hydrogens (tertiary/aromatic N) is 3. The van der Waals surface area contributed by atoms with Gasteiger partial charge in [0.25, 0.3) is 0 Å². The molecule has 8 heteroatoms. The summed E-state index contributed by atoms with van der Waals surface area (Å²) in [4.78, 5) is 31.5. The molecule has 140 valence electrons. The molecule has 25 heavy (non-hydrogen) atoms. The maximum Gasteiger partial charge on any atom is 0.317 e. The number of hydrogen-bond donors (Lipinski definition) is 1. The van der Waals surface area contributed by atoms with E-state index in [4.69, 9.17) is 0 Å². The Hall–Kier alpha value is -1.12. The molecule has 3 amide bonds. The Balaban J connectivity index is 1.66. The second-order valence-corrected chi connectivity index (χ2v) is 8.56. The van der Waals surface area contributed by atoms with Crippen LogP contribution in [0.25, 0.3) is 0 Å². The smallest absolute Gasteiger partial charge is 0.317 e. The number of nitrogens with one attached hydrogen (secondary N) is 1. The molecule has 1 N–H and O–H groups in total. The molecule has 0 aromatic carbocycles. The van der Waals surface area contributed by atoms with Crippen molar-refractivity contribution in [2.24, 2.45) is 0 Å². The molecule has 0 spiro atoms. The highest BCUT2D eigenvalue weighted by Crippen LogP contribution is 2.23. The second kappa shape index (κ2) is 10.1. The van der Waals surface area contributed by atoms with Crippen molar-refractivity contribution in [1.82, 2.24) is 20.0 Å². The zero-order valence-electron chi connectivity index (χ0n) is 15.0. The van der Waals surface area contributed by atoms with Gasteiger partial charge in [-0.05, 0) is 41.9 Å². The number of thiophene rings is 1. The van der Waals surface area contributed by atoms with E-state index in [0.717, 1.165) is 36.5 Å². The maximum absolute atomic E-state index is 12.2. The van der Waals surface area contributed by atoms with Gasteiger partial charge >= 0.3 is 6.03 Å². The molecular formula is C17H27BrN4O2S. The lowest BCUT2D eigenvalue weighted by Crippen LogP contribution is -2.51. The van der Waals surface area contributed by atoms with Crippen LogP contribution in [-0.2, 0) is 11.3 Å². The van der Waals surface area contributed by atoms with E-state index in [1.54, 1.807) is 16.2 Å². The van der Waals surface area contributed by atoms with Gasteiger partial charge in [-0.15, -0.1) is 11.3 Å². The monoisotopic (exact) mass is 430 g/mol. The van der Waals surface area contributed by atoms with Crippen molar-refractivity contribution in [3.05, 3.63) is 20.8 Å². The van der Waals surface area contributed by atoms with Crippen molar-refractivity contribution < 1.29 is 9.59 Å². The third-order valence-electron chi connectivity index (χ3n) is 4.40. The van der Waals surface area contributed by atoms with Crippen LogP contribution in [0.2, 0.25) is 0 Å². The molecule has 0 unspecified atom stereocenters. The molecule has 1 aliphatic heterocycles. The molecule has 1 saturated heterocycles. The van der Waals surface area contributed by atoms with Gasteiger partial charge in [0, 0.05) is 63.7 Å². The Morgan fingerprint density at radius 3 is 2.44 bits per heavy atom. The first-order chi connectivity index (χ1) is 12.0. The van der Waals surface area contributed by atoms with E-state index in [1.807, 2.05) is 18.7 Å². The molecular weight excluding hydrogens is 404 g/mol. The van der Waals surface area contributed by atoms with Crippen LogP contribution >= 0.6 is 27.3 Å². The molecule has 0 atom stereocenters. The minimum absolute atomic E-state index is 0.0640. The number of amides is 3.